The molecule has 3 rings (SSSR count). The first-order valence-corrected chi connectivity index (χ1v) is 6.11. The van der Waals surface area contributed by atoms with Crippen LogP contribution in [-0.4, -0.2) is 9.97 Å². The van der Waals surface area contributed by atoms with E-state index in [1.165, 1.54) is 5.56 Å². The highest BCUT2D eigenvalue weighted by atomic mass is 35.5. The SMILES string of the molecule is Clc1nc2c(c(NCc3ccccc3)n1)COC2. The summed E-state index contributed by atoms with van der Waals surface area (Å²) in [7, 11) is 0. The summed E-state index contributed by atoms with van der Waals surface area (Å²) in [4.78, 5) is 8.38. The standard InChI is InChI=1S/C13H12ClN3O/c14-13-16-11-8-18-7-10(11)12(17-13)15-6-9-4-2-1-3-5-9/h1-5H,6-8H2,(H,15,16,17). The van der Waals surface area contributed by atoms with Crippen LogP contribution in [0.4, 0.5) is 5.82 Å². The number of anilines is 1. The Morgan fingerprint density at radius 3 is 2.83 bits per heavy atom. The molecule has 2 heterocycles. The van der Waals surface area contributed by atoms with Gasteiger partial charge in [-0.25, -0.2) is 9.97 Å². The summed E-state index contributed by atoms with van der Waals surface area (Å²) < 4.78 is 5.36. The fourth-order valence-corrected chi connectivity index (χ4v) is 2.14. The van der Waals surface area contributed by atoms with E-state index in [1.54, 1.807) is 0 Å². The lowest BCUT2D eigenvalue weighted by Gasteiger charge is -2.09. The number of benzene rings is 1. The van der Waals surface area contributed by atoms with Crippen LogP contribution in [0.25, 0.3) is 0 Å². The van der Waals surface area contributed by atoms with Gasteiger partial charge in [0, 0.05) is 12.1 Å². The second kappa shape index (κ2) is 4.92. The van der Waals surface area contributed by atoms with Gasteiger partial charge in [-0.15, -0.1) is 0 Å². The van der Waals surface area contributed by atoms with Gasteiger partial charge in [-0.05, 0) is 17.2 Å². The van der Waals surface area contributed by atoms with E-state index < -0.39 is 0 Å². The maximum atomic E-state index is 5.89. The van der Waals surface area contributed by atoms with Crippen LogP contribution in [0.3, 0.4) is 0 Å². The lowest BCUT2D eigenvalue weighted by molar-refractivity contribution is 0.133. The van der Waals surface area contributed by atoms with Gasteiger partial charge in [-0.2, -0.15) is 0 Å². The van der Waals surface area contributed by atoms with Crippen molar-refractivity contribution in [2.75, 3.05) is 5.32 Å². The van der Waals surface area contributed by atoms with E-state index in [9.17, 15) is 0 Å². The molecule has 1 aromatic carbocycles. The predicted octanol–water partition coefficient (Wildman–Crippen LogP) is 2.77. The van der Waals surface area contributed by atoms with Gasteiger partial charge < -0.3 is 10.1 Å². The normalized spacial score (nSPS) is 13.4. The minimum Gasteiger partial charge on any atom is -0.370 e. The molecular formula is C13H12ClN3O. The fourth-order valence-electron chi connectivity index (χ4n) is 1.95. The van der Waals surface area contributed by atoms with Crippen molar-refractivity contribution < 1.29 is 4.74 Å². The average Bonchev–Trinajstić information content (AvgIpc) is 2.85. The van der Waals surface area contributed by atoms with Gasteiger partial charge in [0.1, 0.15) is 5.82 Å². The minimum atomic E-state index is 0.259. The molecule has 4 nitrogen and oxygen atoms in total. The largest absolute Gasteiger partial charge is 0.370 e. The molecule has 2 aromatic rings. The zero-order valence-electron chi connectivity index (χ0n) is 9.69. The van der Waals surface area contributed by atoms with Crippen LogP contribution in [-0.2, 0) is 24.5 Å². The van der Waals surface area contributed by atoms with E-state index in [2.05, 4.69) is 27.4 Å². The number of hydrogen-bond donors (Lipinski definition) is 1. The molecule has 0 spiro atoms. The molecule has 0 amide bonds. The Labute approximate surface area is 110 Å². The number of aromatic nitrogens is 2. The average molecular weight is 262 g/mol. The molecule has 0 radical (unpaired) electrons. The number of halogens is 1. The third-order valence-corrected chi connectivity index (χ3v) is 3.02. The van der Waals surface area contributed by atoms with Crippen molar-refractivity contribution in [3.05, 3.63) is 52.4 Å². The summed E-state index contributed by atoms with van der Waals surface area (Å²) in [6.45, 7) is 1.77. The molecule has 1 aromatic heterocycles. The number of nitrogens with one attached hydrogen (secondary N) is 1. The van der Waals surface area contributed by atoms with E-state index in [-0.39, 0.29) is 5.28 Å². The number of fused-ring (bicyclic) bond motifs is 1. The molecule has 0 bridgehead atoms. The number of nitrogens with zero attached hydrogens (tertiary/aromatic N) is 2. The Morgan fingerprint density at radius 2 is 2.00 bits per heavy atom. The summed E-state index contributed by atoms with van der Waals surface area (Å²) in [5.74, 6) is 0.770. The predicted molar refractivity (Wildman–Crippen MR) is 69.3 cm³/mol. The first-order valence-electron chi connectivity index (χ1n) is 5.74. The van der Waals surface area contributed by atoms with Crippen LogP contribution in [0, 0.1) is 0 Å². The second-order valence-electron chi connectivity index (χ2n) is 4.10. The number of ether oxygens (including phenoxy) is 1. The lowest BCUT2D eigenvalue weighted by atomic mass is 10.2. The smallest absolute Gasteiger partial charge is 0.224 e. The third kappa shape index (κ3) is 2.30. The molecule has 5 heteroatoms. The number of hydrogen-bond acceptors (Lipinski definition) is 4. The van der Waals surface area contributed by atoms with Crippen molar-refractivity contribution in [1.82, 2.24) is 9.97 Å². The summed E-state index contributed by atoms with van der Waals surface area (Å²) in [6, 6.07) is 10.1. The molecular weight excluding hydrogens is 250 g/mol. The quantitative estimate of drug-likeness (QED) is 0.863. The Balaban J connectivity index is 1.81. The summed E-state index contributed by atoms with van der Waals surface area (Å²) in [6.07, 6.45) is 0. The van der Waals surface area contributed by atoms with Crippen molar-refractivity contribution in [2.45, 2.75) is 19.8 Å². The van der Waals surface area contributed by atoms with Gasteiger partial charge in [0.2, 0.25) is 5.28 Å². The highest BCUT2D eigenvalue weighted by Crippen LogP contribution is 2.26. The van der Waals surface area contributed by atoms with Gasteiger partial charge in [-0.1, -0.05) is 30.3 Å². The monoisotopic (exact) mass is 261 g/mol. The van der Waals surface area contributed by atoms with Crippen molar-refractivity contribution in [2.24, 2.45) is 0 Å². The molecule has 0 saturated heterocycles. The van der Waals surface area contributed by atoms with Gasteiger partial charge in [-0.3, -0.25) is 0 Å². The molecule has 0 fully saturated rings. The van der Waals surface area contributed by atoms with Crippen LogP contribution in [0.2, 0.25) is 5.28 Å². The Morgan fingerprint density at radius 1 is 1.17 bits per heavy atom. The molecule has 18 heavy (non-hydrogen) atoms. The molecule has 1 aliphatic rings. The van der Waals surface area contributed by atoms with E-state index in [1.807, 2.05) is 18.2 Å². The molecule has 0 atom stereocenters. The second-order valence-corrected chi connectivity index (χ2v) is 4.44. The Kier molecular flexibility index (Phi) is 3.13. The molecule has 1 N–H and O–H groups in total. The third-order valence-electron chi connectivity index (χ3n) is 2.85. The summed E-state index contributed by atoms with van der Waals surface area (Å²) in [5, 5.41) is 3.55. The van der Waals surface area contributed by atoms with Crippen molar-refractivity contribution in [3.63, 3.8) is 0 Å². The highest BCUT2D eigenvalue weighted by molar-refractivity contribution is 6.28. The van der Waals surface area contributed by atoms with Crippen LogP contribution in [0.5, 0.6) is 0 Å². The van der Waals surface area contributed by atoms with Crippen LogP contribution < -0.4 is 5.32 Å². The zero-order valence-corrected chi connectivity index (χ0v) is 10.4. The zero-order chi connectivity index (χ0) is 12.4. The Hall–Kier alpha value is -1.65. The van der Waals surface area contributed by atoms with E-state index >= 15 is 0 Å². The highest BCUT2D eigenvalue weighted by Gasteiger charge is 2.19. The van der Waals surface area contributed by atoms with Crippen molar-refractivity contribution in [3.8, 4) is 0 Å². The van der Waals surface area contributed by atoms with Crippen LogP contribution in [0.1, 0.15) is 16.8 Å². The maximum Gasteiger partial charge on any atom is 0.224 e. The molecule has 1 aliphatic heterocycles. The Bertz CT molecular complexity index is 560. The first kappa shape index (κ1) is 11.4. The van der Waals surface area contributed by atoms with Gasteiger partial charge in [0.15, 0.2) is 0 Å². The van der Waals surface area contributed by atoms with Gasteiger partial charge >= 0.3 is 0 Å². The molecule has 0 unspecified atom stereocenters. The number of rotatable bonds is 3. The van der Waals surface area contributed by atoms with E-state index in [0.717, 1.165) is 17.1 Å². The van der Waals surface area contributed by atoms with E-state index in [0.29, 0.717) is 19.8 Å². The van der Waals surface area contributed by atoms with Crippen LogP contribution >= 0.6 is 11.6 Å². The molecule has 0 aliphatic carbocycles. The van der Waals surface area contributed by atoms with Gasteiger partial charge in [0.05, 0.1) is 18.9 Å². The van der Waals surface area contributed by atoms with Crippen molar-refractivity contribution in [1.29, 1.82) is 0 Å². The summed E-state index contributed by atoms with van der Waals surface area (Å²) in [5.41, 5.74) is 3.08. The molecule has 0 saturated carbocycles. The van der Waals surface area contributed by atoms with Crippen molar-refractivity contribution >= 4 is 17.4 Å². The molecule has 92 valence electrons. The fraction of sp³-hybridized carbons (Fsp3) is 0.231. The topological polar surface area (TPSA) is 47.0 Å². The summed E-state index contributed by atoms with van der Waals surface area (Å²) >= 11 is 5.89. The lowest BCUT2D eigenvalue weighted by Crippen LogP contribution is -2.06. The minimum absolute atomic E-state index is 0.259. The van der Waals surface area contributed by atoms with Crippen LogP contribution in [0.15, 0.2) is 30.3 Å². The van der Waals surface area contributed by atoms with E-state index in [4.69, 9.17) is 16.3 Å². The first-order chi connectivity index (χ1) is 8.83. The van der Waals surface area contributed by atoms with Gasteiger partial charge in [0.25, 0.3) is 0 Å². The maximum absolute atomic E-state index is 5.89.